The van der Waals surface area contributed by atoms with Gasteiger partial charge in [0.05, 0.1) is 17.7 Å². The summed E-state index contributed by atoms with van der Waals surface area (Å²) in [6.07, 6.45) is 2.99. The molecule has 0 spiro atoms. The summed E-state index contributed by atoms with van der Waals surface area (Å²) >= 11 is 0. The molecule has 0 aliphatic carbocycles. The van der Waals surface area contributed by atoms with Crippen LogP contribution in [0.2, 0.25) is 0 Å². The number of halogens is 1. The number of benzene rings is 1. The minimum Gasteiger partial charge on any atom is -0.378 e. The Bertz CT molecular complexity index is 478. The molecule has 1 aromatic carbocycles. The summed E-state index contributed by atoms with van der Waals surface area (Å²) < 4.78 is 19.2. The van der Waals surface area contributed by atoms with Crippen LogP contribution < -0.4 is 10.6 Å². The lowest BCUT2D eigenvalue weighted by molar-refractivity contribution is 0.0366. The Kier molecular flexibility index (Phi) is 5.33. The van der Waals surface area contributed by atoms with Crippen LogP contribution in [0.4, 0.5) is 10.1 Å². The highest BCUT2D eigenvalue weighted by molar-refractivity contribution is 5.52. The van der Waals surface area contributed by atoms with Crippen LogP contribution >= 0.6 is 0 Å². The van der Waals surface area contributed by atoms with Gasteiger partial charge < -0.3 is 15.4 Å². The van der Waals surface area contributed by atoms with Crippen molar-refractivity contribution in [3.05, 3.63) is 29.6 Å². The fraction of sp³-hybridized carbons (Fsp3) is 0.533. The number of ether oxygens (including phenoxy) is 1. The Morgan fingerprint density at radius 2 is 2.10 bits per heavy atom. The van der Waals surface area contributed by atoms with E-state index in [2.05, 4.69) is 4.90 Å². The van der Waals surface area contributed by atoms with Gasteiger partial charge in [0.15, 0.2) is 0 Å². The normalized spacial score (nSPS) is 16.1. The second kappa shape index (κ2) is 7.22. The van der Waals surface area contributed by atoms with E-state index in [0.29, 0.717) is 18.7 Å². The molecular weight excluding hydrogens is 257 g/mol. The van der Waals surface area contributed by atoms with Crippen molar-refractivity contribution in [2.75, 3.05) is 31.1 Å². The third kappa shape index (κ3) is 3.92. The predicted octanol–water partition coefficient (Wildman–Crippen LogP) is 2.03. The second-order valence-corrected chi connectivity index (χ2v) is 5.01. The second-order valence-electron chi connectivity index (χ2n) is 5.01. The monoisotopic (exact) mass is 277 g/mol. The number of piperidine rings is 1. The van der Waals surface area contributed by atoms with Crippen LogP contribution in [0.3, 0.4) is 0 Å². The van der Waals surface area contributed by atoms with E-state index in [1.807, 2.05) is 6.07 Å². The molecule has 0 amide bonds. The van der Waals surface area contributed by atoms with Crippen LogP contribution in [0.5, 0.6) is 0 Å². The molecule has 1 aliphatic heterocycles. The van der Waals surface area contributed by atoms with Crippen molar-refractivity contribution < 1.29 is 9.13 Å². The number of nitrogens with two attached hydrogens (primary N) is 1. The highest BCUT2D eigenvalue weighted by Gasteiger charge is 2.20. The standard InChI is InChI=1S/C15H20FN3O/c16-13-8-12(11-18)9-14(10-13)19-5-2-15(3-6-19)20-7-1-4-17/h8-10,15H,1-7,17H2. The van der Waals surface area contributed by atoms with Crippen molar-refractivity contribution in [2.24, 2.45) is 5.73 Å². The Balaban J connectivity index is 1.90. The van der Waals surface area contributed by atoms with Crippen LogP contribution in [-0.4, -0.2) is 32.3 Å². The van der Waals surface area contributed by atoms with Crippen LogP contribution in [0.25, 0.3) is 0 Å². The largest absolute Gasteiger partial charge is 0.378 e. The summed E-state index contributed by atoms with van der Waals surface area (Å²) in [6, 6.07) is 6.46. The number of rotatable bonds is 5. The van der Waals surface area contributed by atoms with Crippen molar-refractivity contribution in [1.82, 2.24) is 0 Å². The highest BCUT2D eigenvalue weighted by atomic mass is 19.1. The summed E-state index contributed by atoms with van der Waals surface area (Å²) in [7, 11) is 0. The maximum absolute atomic E-state index is 13.4. The molecule has 0 radical (unpaired) electrons. The van der Waals surface area contributed by atoms with E-state index in [0.717, 1.165) is 38.0 Å². The third-order valence-electron chi connectivity index (χ3n) is 3.52. The third-order valence-corrected chi connectivity index (χ3v) is 3.52. The molecule has 0 aromatic heterocycles. The highest BCUT2D eigenvalue weighted by Crippen LogP contribution is 2.23. The fourth-order valence-electron chi connectivity index (χ4n) is 2.44. The molecule has 1 fully saturated rings. The lowest BCUT2D eigenvalue weighted by Gasteiger charge is -2.33. The molecule has 0 saturated carbocycles. The Morgan fingerprint density at radius 1 is 1.35 bits per heavy atom. The predicted molar refractivity (Wildman–Crippen MR) is 76.0 cm³/mol. The van der Waals surface area contributed by atoms with E-state index < -0.39 is 0 Å². The molecule has 1 saturated heterocycles. The molecule has 0 unspecified atom stereocenters. The van der Waals surface area contributed by atoms with Crippen LogP contribution in [0.15, 0.2) is 18.2 Å². The minimum atomic E-state index is -0.361. The summed E-state index contributed by atoms with van der Waals surface area (Å²) in [5.41, 5.74) is 6.58. The van der Waals surface area contributed by atoms with Gasteiger partial charge in [-0.3, -0.25) is 0 Å². The average Bonchev–Trinajstić information content (AvgIpc) is 2.47. The van der Waals surface area contributed by atoms with Gasteiger partial charge in [-0.1, -0.05) is 0 Å². The van der Waals surface area contributed by atoms with Gasteiger partial charge in [-0.2, -0.15) is 5.26 Å². The van der Waals surface area contributed by atoms with Crippen molar-refractivity contribution in [3.8, 4) is 6.07 Å². The molecule has 2 N–H and O–H groups in total. The molecule has 4 nitrogen and oxygen atoms in total. The fourth-order valence-corrected chi connectivity index (χ4v) is 2.44. The van der Waals surface area contributed by atoms with E-state index in [1.54, 1.807) is 6.07 Å². The molecule has 2 rings (SSSR count). The SMILES string of the molecule is N#Cc1cc(F)cc(N2CCC(OCCCN)CC2)c1. The molecule has 1 aliphatic rings. The summed E-state index contributed by atoms with van der Waals surface area (Å²) in [6.45, 7) is 3.00. The van der Waals surface area contributed by atoms with E-state index in [1.165, 1.54) is 12.1 Å². The first-order valence-electron chi connectivity index (χ1n) is 7.00. The first-order valence-corrected chi connectivity index (χ1v) is 7.00. The lowest BCUT2D eigenvalue weighted by atomic mass is 10.1. The first kappa shape index (κ1) is 14.8. The van der Waals surface area contributed by atoms with Crippen molar-refractivity contribution >= 4 is 5.69 Å². The van der Waals surface area contributed by atoms with Gasteiger partial charge in [-0.15, -0.1) is 0 Å². The maximum Gasteiger partial charge on any atom is 0.126 e. The summed E-state index contributed by atoms with van der Waals surface area (Å²) in [5, 5.41) is 8.88. The Morgan fingerprint density at radius 3 is 2.75 bits per heavy atom. The van der Waals surface area contributed by atoms with E-state index in [4.69, 9.17) is 15.7 Å². The lowest BCUT2D eigenvalue weighted by Crippen LogP contribution is -2.37. The van der Waals surface area contributed by atoms with Crippen molar-refractivity contribution in [2.45, 2.75) is 25.4 Å². The van der Waals surface area contributed by atoms with Crippen molar-refractivity contribution in [1.29, 1.82) is 5.26 Å². The number of nitrogens with zero attached hydrogens (tertiary/aromatic N) is 2. The summed E-state index contributed by atoms with van der Waals surface area (Å²) in [4.78, 5) is 2.10. The van der Waals surface area contributed by atoms with Gasteiger partial charge in [0.1, 0.15) is 5.82 Å². The van der Waals surface area contributed by atoms with Gasteiger partial charge in [0.25, 0.3) is 0 Å². The number of hydrogen-bond acceptors (Lipinski definition) is 4. The smallest absolute Gasteiger partial charge is 0.126 e. The van der Waals surface area contributed by atoms with Gasteiger partial charge >= 0.3 is 0 Å². The zero-order valence-electron chi connectivity index (χ0n) is 11.5. The van der Waals surface area contributed by atoms with Crippen LogP contribution in [0, 0.1) is 17.1 Å². The molecule has 108 valence electrons. The molecule has 1 heterocycles. The molecule has 1 aromatic rings. The average molecular weight is 277 g/mol. The zero-order chi connectivity index (χ0) is 14.4. The van der Waals surface area contributed by atoms with Crippen LogP contribution in [0.1, 0.15) is 24.8 Å². The van der Waals surface area contributed by atoms with Gasteiger partial charge in [-0.25, -0.2) is 4.39 Å². The molecule has 0 atom stereocenters. The van der Waals surface area contributed by atoms with E-state index in [-0.39, 0.29) is 11.9 Å². The zero-order valence-corrected chi connectivity index (χ0v) is 11.5. The Hall–Kier alpha value is -1.64. The number of hydrogen-bond donors (Lipinski definition) is 1. The topological polar surface area (TPSA) is 62.3 Å². The molecule has 5 heteroatoms. The molecule has 20 heavy (non-hydrogen) atoms. The van der Waals surface area contributed by atoms with Gasteiger partial charge in [-0.05, 0) is 44.0 Å². The maximum atomic E-state index is 13.4. The van der Waals surface area contributed by atoms with Gasteiger partial charge in [0, 0.05) is 25.4 Å². The number of nitriles is 1. The van der Waals surface area contributed by atoms with Crippen molar-refractivity contribution in [3.63, 3.8) is 0 Å². The molecular formula is C15H20FN3O. The van der Waals surface area contributed by atoms with E-state index >= 15 is 0 Å². The number of anilines is 1. The molecule has 0 bridgehead atoms. The quantitative estimate of drug-likeness (QED) is 0.837. The van der Waals surface area contributed by atoms with Crippen LogP contribution in [-0.2, 0) is 4.74 Å². The van der Waals surface area contributed by atoms with E-state index in [9.17, 15) is 4.39 Å². The first-order chi connectivity index (χ1) is 9.72. The Labute approximate surface area is 118 Å². The van der Waals surface area contributed by atoms with Gasteiger partial charge in [0.2, 0.25) is 0 Å². The summed E-state index contributed by atoms with van der Waals surface area (Å²) in [5.74, 6) is -0.361. The minimum absolute atomic E-state index is 0.266.